The molecule has 2 aromatic carbocycles. The summed E-state index contributed by atoms with van der Waals surface area (Å²) in [7, 11) is 0. The molecule has 1 aromatic heterocycles. The summed E-state index contributed by atoms with van der Waals surface area (Å²) >= 11 is 0. The quantitative estimate of drug-likeness (QED) is 0.614. The summed E-state index contributed by atoms with van der Waals surface area (Å²) in [5.41, 5.74) is 2.61. The second kappa shape index (κ2) is 8.81. The molecule has 0 spiro atoms. The maximum Gasteiger partial charge on any atom is 0.319 e. The molecule has 1 heterocycles. The normalized spacial score (nSPS) is 10.5. The number of benzene rings is 2. The number of carbonyl (C=O) groups is 2. The Hall–Kier alpha value is -3.68. The molecule has 0 atom stereocenters. The fraction of sp³-hybridized carbons (Fsp3) is 0.200. The molecule has 0 saturated carbocycles. The topological polar surface area (TPSA) is 101 Å². The van der Waals surface area contributed by atoms with Gasteiger partial charge in [-0.15, -0.1) is 5.10 Å². The standard InChI is InChI=1S/C20H22N6O2/c1-14(2)23-20(28)24-16-10-8-15(9-11-16)12-21-19(27)18-13-22-26(25-18)17-6-4-3-5-7-17/h3-11,13-14H,12H2,1-2H3,(H,21,27)(H2,23,24,28). The molecule has 28 heavy (non-hydrogen) atoms. The van der Waals surface area contributed by atoms with Crippen molar-refractivity contribution in [3.63, 3.8) is 0 Å². The molecule has 8 nitrogen and oxygen atoms in total. The second-order valence-electron chi connectivity index (χ2n) is 6.49. The third-order valence-corrected chi connectivity index (χ3v) is 3.80. The van der Waals surface area contributed by atoms with Crippen LogP contribution in [0.15, 0.2) is 60.8 Å². The molecule has 3 aromatic rings. The van der Waals surface area contributed by atoms with Gasteiger partial charge in [-0.3, -0.25) is 4.79 Å². The summed E-state index contributed by atoms with van der Waals surface area (Å²) in [4.78, 5) is 25.4. The van der Waals surface area contributed by atoms with Crippen molar-refractivity contribution in [2.24, 2.45) is 0 Å². The molecule has 3 amide bonds. The molecular weight excluding hydrogens is 356 g/mol. The number of nitrogens with one attached hydrogen (secondary N) is 3. The van der Waals surface area contributed by atoms with E-state index in [4.69, 9.17) is 0 Å². The van der Waals surface area contributed by atoms with E-state index in [0.717, 1.165) is 11.3 Å². The van der Waals surface area contributed by atoms with Crippen LogP contribution in [0.25, 0.3) is 5.69 Å². The Bertz CT molecular complexity index is 935. The van der Waals surface area contributed by atoms with Crippen LogP contribution in [-0.4, -0.2) is 33.0 Å². The van der Waals surface area contributed by atoms with E-state index in [1.165, 1.54) is 11.0 Å². The number of nitrogens with zero attached hydrogens (tertiary/aromatic N) is 3. The maximum atomic E-state index is 12.3. The molecule has 144 valence electrons. The molecule has 3 rings (SSSR count). The van der Waals surface area contributed by atoms with Crippen molar-refractivity contribution in [3.05, 3.63) is 72.1 Å². The highest BCUT2D eigenvalue weighted by atomic mass is 16.2. The lowest BCUT2D eigenvalue weighted by atomic mass is 10.2. The number of rotatable bonds is 6. The lowest BCUT2D eigenvalue weighted by Crippen LogP contribution is -2.34. The first-order valence-corrected chi connectivity index (χ1v) is 8.93. The Morgan fingerprint density at radius 1 is 1.04 bits per heavy atom. The van der Waals surface area contributed by atoms with Crippen LogP contribution < -0.4 is 16.0 Å². The van der Waals surface area contributed by atoms with Crippen LogP contribution in [0.5, 0.6) is 0 Å². The van der Waals surface area contributed by atoms with Gasteiger partial charge >= 0.3 is 6.03 Å². The van der Waals surface area contributed by atoms with Gasteiger partial charge in [0.25, 0.3) is 5.91 Å². The number of hydrogen-bond acceptors (Lipinski definition) is 4. The largest absolute Gasteiger partial charge is 0.347 e. The number of aromatic nitrogens is 3. The highest BCUT2D eigenvalue weighted by molar-refractivity contribution is 5.92. The second-order valence-corrected chi connectivity index (χ2v) is 6.49. The van der Waals surface area contributed by atoms with Crippen molar-refractivity contribution in [2.45, 2.75) is 26.4 Å². The molecule has 0 fully saturated rings. The van der Waals surface area contributed by atoms with E-state index in [-0.39, 0.29) is 23.7 Å². The van der Waals surface area contributed by atoms with Gasteiger partial charge in [0, 0.05) is 18.3 Å². The first-order chi connectivity index (χ1) is 13.5. The molecule has 0 aliphatic rings. The summed E-state index contributed by atoms with van der Waals surface area (Å²) < 4.78 is 0. The Balaban J connectivity index is 1.53. The minimum Gasteiger partial charge on any atom is -0.347 e. The van der Waals surface area contributed by atoms with Crippen molar-refractivity contribution in [2.75, 3.05) is 5.32 Å². The first kappa shape index (κ1) is 19.1. The smallest absolute Gasteiger partial charge is 0.319 e. The Labute approximate surface area is 163 Å². The molecule has 0 saturated heterocycles. The molecule has 0 bridgehead atoms. The summed E-state index contributed by atoms with van der Waals surface area (Å²) in [5.74, 6) is -0.305. The predicted octanol–water partition coefficient (Wildman–Crippen LogP) is 2.73. The van der Waals surface area contributed by atoms with E-state index in [9.17, 15) is 9.59 Å². The summed E-state index contributed by atoms with van der Waals surface area (Å²) in [5, 5.41) is 16.6. The van der Waals surface area contributed by atoms with Gasteiger partial charge in [-0.05, 0) is 43.7 Å². The third-order valence-electron chi connectivity index (χ3n) is 3.80. The van der Waals surface area contributed by atoms with Crippen LogP contribution in [0.3, 0.4) is 0 Å². The van der Waals surface area contributed by atoms with Crippen LogP contribution in [0, 0.1) is 0 Å². The van der Waals surface area contributed by atoms with Gasteiger partial charge in [0.15, 0.2) is 5.69 Å². The van der Waals surface area contributed by atoms with Crippen molar-refractivity contribution >= 4 is 17.6 Å². The van der Waals surface area contributed by atoms with Crippen LogP contribution in [0.1, 0.15) is 29.9 Å². The minimum absolute atomic E-state index is 0.0642. The number of carbonyl (C=O) groups excluding carboxylic acids is 2. The highest BCUT2D eigenvalue weighted by Gasteiger charge is 2.11. The minimum atomic E-state index is -0.305. The van der Waals surface area contributed by atoms with Crippen LogP contribution in [0.4, 0.5) is 10.5 Å². The molecule has 0 aliphatic carbocycles. The number of hydrogen-bond donors (Lipinski definition) is 3. The van der Waals surface area contributed by atoms with Crippen molar-refractivity contribution < 1.29 is 9.59 Å². The van der Waals surface area contributed by atoms with Crippen LogP contribution in [0.2, 0.25) is 0 Å². The van der Waals surface area contributed by atoms with Gasteiger partial charge in [0.05, 0.1) is 11.9 Å². The van der Waals surface area contributed by atoms with Crippen LogP contribution >= 0.6 is 0 Å². The molecule has 0 radical (unpaired) electrons. The van der Waals surface area contributed by atoms with Crippen molar-refractivity contribution in [1.82, 2.24) is 25.6 Å². The van der Waals surface area contributed by atoms with Crippen molar-refractivity contribution in [1.29, 1.82) is 0 Å². The maximum absolute atomic E-state index is 12.3. The van der Waals surface area contributed by atoms with E-state index < -0.39 is 0 Å². The Morgan fingerprint density at radius 3 is 2.43 bits per heavy atom. The molecule has 8 heteroatoms. The molecular formula is C20H22N6O2. The SMILES string of the molecule is CC(C)NC(=O)Nc1ccc(CNC(=O)c2cnn(-c3ccccc3)n2)cc1. The molecule has 3 N–H and O–H groups in total. The zero-order valence-electron chi connectivity index (χ0n) is 15.7. The average Bonchev–Trinajstić information content (AvgIpc) is 3.17. The van der Waals surface area contributed by atoms with E-state index in [1.807, 2.05) is 56.3 Å². The first-order valence-electron chi connectivity index (χ1n) is 8.93. The van der Waals surface area contributed by atoms with Gasteiger partial charge < -0.3 is 16.0 Å². The third kappa shape index (κ3) is 5.16. The summed E-state index contributed by atoms with van der Waals surface area (Å²) in [6.45, 7) is 4.13. The number of para-hydroxylation sites is 1. The van der Waals surface area contributed by atoms with E-state index in [2.05, 4.69) is 26.1 Å². The predicted molar refractivity (Wildman–Crippen MR) is 106 cm³/mol. The van der Waals surface area contributed by atoms with Gasteiger partial charge in [-0.1, -0.05) is 30.3 Å². The zero-order valence-corrected chi connectivity index (χ0v) is 15.7. The Morgan fingerprint density at radius 2 is 1.75 bits per heavy atom. The number of urea groups is 1. The van der Waals surface area contributed by atoms with E-state index >= 15 is 0 Å². The van der Waals surface area contributed by atoms with E-state index in [0.29, 0.717) is 12.2 Å². The monoisotopic (exact) mass is 378 g/mol. The van der Waals surface area contributed by atoms with E-state index in [1.54, 1.807) is 12.1 Å². The lowest BCUT2D eigenvalue weighted by Gasteiger charge is -2.10. The van der Waals surface area contributed by atoms with Gasteiger partial charge in [-0.25, -0.2) is 4.79 Å². The Kier molecular flexibility index (Phi) is 6.01. The van der Waals surface area contributed by atoms with Gasteiger partial charge in [-0.2, -0.15) is 9.90 Å². The summed E-state index contributed by atoms with van der Waals surface area (Å²) in [6, 6.07) is 16.4. The number of amides is 3. The highest BCUT2D eigenvalue weighted by Crippen LogP contribution is 2.10. The lowest BCUT2D eigenvalue weighted by molar-refractivity contribution is 0.0945. The van der Waals surface area contributed by atoms with Gasteiger partial charge in [0.2, 0.25) is 0 Å². The number of anilines is 1. The zero-order chi connectivity index (χ0) is 19.9. The molecule has 0 unspecified atom stereocenters. The van der Waals surface area contributed by atoms with Crippen molar-refractivity contribution in [3.8, 4) is 5.69 Å². The van der Waals surface area contributed by atoms with Gasteiger partial charge in [0.1, 0.15) is 0 Å². The van der Waals surface area contributed by atoms with Crippen LogP contribution in [-0.2, 0) is 6.54 Å². The fourth-order valence-electron chi connectivity index (χ4n) is 2.46. The molecule has 0 aliphatic heterocycles. The average molecular weight is 378 g/mol. The fourth-order valence-corrected chi connectivity index (χ4v) is 2.46. The summed E-state index contributed by atoms with van der Waals surface area (Å²) in [6.07, 6.45) is 1.43.